The SMILES string of the molecule is CCOC(=O)c1nn(-c2cc(SOO[O-])ccc2S(=O)(=O)[O-])c(O)c1C=C/C=C1\C(=O)N(c2cc(SOO[O-])ccc2S(=O)(=O)[O-])N=C1C(=O)C#CO.[K+].[K+].[K+].[K+]. The average Bonchev–Trinajstić information content (AvgIpc) is 3.61. The Labute approximate surface area is 500 Å². The molecule has 1 aromatic heterocycles. The molecule has 1 aliphatic rings. The summed E-state index contributed by atoms with van der Waals surface area (Å²) in [6.07, 6.45) is 4.02. The minimum Gasteiger partial charge on any atom is -0.744 e. The van der Waals surface area contributed by atoms with Crippen molar-refractivity contribution in [3.63, 3.8) is 0 Å². The van der Waals surface area contributed by atoms with E-state index < -0.39 is 87.5 Å². The number of aromatic hydroxyl groups is 1. The molecule has 0 unspecified atom stereocenters. The van der Waals surface area contributed by atoms with Crippen LogP contribution in [-0.4, -0.2) is 75.9 Å². The number of carbonyl (C=O) groups excluding carboxylic acids is 3. The maximum Gasteiger partial charge on any atom is 1.00 e. The second-order valence-corrected chi connectivity index (χ2v) is 13.6. The molecule has 0 aliphatic carbocycles. The summed E-state index contributed by atoms with van der Waals surface area (Å²) in [5, 5.41) is 55.2. The maximum atomic E-state index is 13.6. The molecule has 0 atom stereocenters. The van der Waals surface area contributed by atoms with Crippen LogP contribution >= 0.6 is 24.1 Å². The van der Waals surface area contributed by atoms with E-state index in [1.807, 2.05) is 0 Å². The number of rotatable bonds is 15. The summed E-state index contributed by atoms with van der Waals surface area (Å²) in [5.41, 5.74) is -4.01. The molecule has 22 nitrogen and oxygen atoms in total. The van der Waals surface area contributed by atoms with E-state index in [4.69, 9.17) is 9.84 Å². The normalized spacial score (nSPS) is 13.1. The van der Waals surface area contributed by atoms with Crippen molar-refractivity contribution in [2.75, 3.05) is 11.6 Å². The Bertz CT molecular complexity index is 2360. The van der Waals surface area contributed by atoms with Crippen molar-refractivity contribution >= 4 is 79.5 Å². The van der Waals surface area contributed by atoms with Gasteiger partial charge in [-0.2, -0.15) is 28.6 Å². The fourth-order valence-electron chi connectivity index (χ4n) is 4.30. The van der Waals surface area contributed by atoms with Crippen molar-refractivity contribution < 1.29 is 290 Å². The number of Topliss-reactive ketones (excluding diaryl/α,β-unsaturated/α-hetero) is 1. The van der Waals surface area contributed by atoms with Crippen LogP contribution in [0.15, 0.2) is 78.8 Å². The third-order valence-electron chi connectivity index (χ3n) is 6.33. The van der Waals surface area contributed by atoms with Gasteiger partial charge in [0, 0.05) is 15.7 Å². The van der Waals surface area contributed by atoms with Gasteiger partial charge >= 0.3 is 212 Å². The number of esters is 1. The number of anilines is 1. The van der Waals surface area contributed by atoms with E-state index in [1.165, 1.54) is 13.0 Å². The van der Waals surface area contributed by atoms with E-state index in [-0.39, 0.29) is 246 Å². The Balaban J connectivity index is 0.00000784. The van der Waals surface area contributed by atoms with Gasteiger partial charge in [0.2, 0.25) is 5.88 Å². The molecule has 57 heavy (non-hydrogen) atoms. The van der Waals surface area contributed by atoms with Crippen LogP contribution in [-0.2, 0) is 53.3 Å². The summed E-state index contributed by atoms with van der Waals surface area (Å²) in [4.78, 5) is 37.1. The number of aliphatic hydroxyl groups excluding tert-OH is 1. The van der Waals surface area contributed by atoms with E-state index in [0.717, 1.165) is 54.6 Å². The summed E-state index contributed by atoms with van der Waals surface area (Å²) < 4.78 is 86.1. The Morgan fingerprint density at radius 3 is 1.93 bits per heavy atom. The number of ether oxygens (including phenoxy) is 1. The molecule has 0 bridgehead atoms. The molecule has 4 rings (SSSR count). The Hall–Kier alpha value is 1.40. The van der Waals surface area contributed by atoms with Gasteiger partial charge in [-0.1, -0.05) is 6.08 Å². The summed E-state index contributed by atoms with van der Waals surface area (Å²) >= 11 is 0.520. The number of hydrazone groups is 1. The van der Waals surface area contributed by atoms with E-state index in [0.29, 0.717) is 9.69 Å². The molecule has 3 aromatic rings. The van der Waals surface area contributed by atoms with Crippen molar-refractivity contribution in [1.82, 2.24) is 9.78 Å². The molecular formula is C27H16K4N4O18S4. The third-order valence-corrected chi connectivity index (χ3v) is 9.23. The summed E-state index contributed by atoms with van der Waals surface area (Å²) in [6, 6.07) is 5.38. The molecule has 280 valence electrons. The van der Waals surface area contributed by atoms with Gasteiger partial charge in [0.15, 0.2) is 11.4 Å². The van der Waals surface area contributed by atoms with Gasteiger partial charge in [0.1, 0.15) is 26.3 Å². The van der Waals surface area contributed by atoms with Gasteiger partial charge in [-0.3, -0.25) is 19.7 Å². The third kappa shape index (κ3) is 15.3. The zero-order chi connectivity index (χ0) is 39.1. The molecule has 2 heterocycles. The van der Waals surface area contributed by atoms with Crippen LogP contribution in [0.5, 0.6) is 5.88 Å². The number of hydrogen-bond donors (Lipinski definition) is 2. The predicted molar refractivity (Wildman–Crippen MR) is 166 cm³/mol. The standard InChI is InChI=1S/C27H20N4O18S4.4K/c1-2-45-27(36)24-17(26(35)31(29-24)19-13-15(51-49-47-38)7-9-22(19)53(42,43)44)5-3-4-16-23(20(33)10-11-32)28-30(25(16)34)18-12-14(50-48-46-37)6-8-21(18)52(39,40)41;;;;/h3-9,12-13,32,35,37-38H,2H2,1H3,(H,39,40,41)(H,42,43,44);;;;/q;4*+1/p-4/b5-3?,16-4-;;;;. The van der Waals surface area contributed by atoms with Crippen molar-refractivity contribution in [3.05, 3.63) is 65.4 Å². The van der Waals surface area contributed by atoms with Crippen molar-refractivity contribution in [3.8, 4) is 23.6 Å². The number of aromatic nitrogens is 2. The van der Waals surface area contributed by atoms with Crippen molar-refractivity contribution in [2.24, 2.45) is 5.10 Å². The van der Waals surface area contributed by atoms with Crippen LogP contribution in [0.25, 0.3) is 11.8 Å². The molecule has 0 saturated carbocycles. The van der Waals surface area contributed by atoms with Crippen LogP contribution in [0.4, 0.5) is 5.69 Å². The number of carbonyl (C=O) groups is 3. The number of hydrogen-bond acceptors (Lipinski definition) is 22. The van der Waals surface area contributed by atoms with Gasteiger partial charge < -0.3 is 34.6 Å². The predicted octanol–water partition coefficient (Wildman–Crippen LogP) is -12.7. The van der Waals surface area contributed by atoms with Gasteiger partial charge in [0.05, 0.1) is 63.0 Å². The van der Waals surface area contributed by atoms with Crippen molar-refractivity contribution in [1.29, 1.82) is 0 Å². The van der Waals surface area contributed by atoms with Gasteiger partial charge in [-0.25, -0.2) is 21.6 Å². The quantitative estimate of drug-likeness (QED) is 0.0209. The molecule has 0 fully saturated rings. The molecule has 30 heteroatoms. The van der Waals surface area contributed by atoms with Gasteiger partial charge in [0.25, 0.3) is 11.7 Å². The van der Waals surface area contributed by atoms with Crippen LogP contribution in [0.2, 0.25) is 0 Å². The van der Waals surface area contributed by atoms with E-state index in [9.17, 15) is 55.9 Å². The minimum absolute atomic E-state index is 0. The topological polar surface area (TPSA) is 332 Å². The molecule has 0 radical (unpaired) electrons. The number of nitrogens with zero attached hydrogens (tertiary/aromatic N) is 4. The second-order valence-electron chi connectivity index (χ2n) is 9.40. The number of amides is 1. The molecule has 1 aliphatic heterocycles. The van der Waals surface area contributed by atoms with Crippen LogP contribution < -0.4 is 221 Å². The zero-order valence-electron chi connectivity index (χ0n) is 29.8. The number of benzene rings is 2. The van der Waals surface area contributed by atoms with Gasteiger partial charge in [-0.15, -0.1) is 0 Å². The molecule has 1 amide bonds. The monoisotopic (exact) mass is 968 g/mol. The molecule has 0 saturated heterocycles. The largest absolute Gasteiger partial charge is 1.00 e. The molecule has 0 spiro atoms. The Morgan fingerprint density at radius 1 is 0.912 bits per heavy atom. The first-order valence-corrected chi connectivity index (χ1v) is 17.8. The fourth-order valence-corrected chi connectivity index (χ4v) is 6.35. The fraction of sp³-hybridized carbons (Fsp3) is 0.0741. The van der Waals surface area contributed by atoms with Crippen LogP contribution in [0.3, 0.4) is 0 Å². The smallest absolute Gasteiger partial charge is 0.744 e. The molecule has 2 N–H and O–H groups in total. The molecular weight excluding hydrogens is 953 g/mol. The minimum atomic E-state index is -5.32. The average molecular weight is 969 g/mol. The Kier molecular flexibility index (Phi) is 27.5. The van der Waals surface area contributed by atoms with Gasteiger partial charge in [-0.05, 0) is 55.5 Å². The van der Waals surface area contributed by atoms with Crippen LogP contribution in [0.1, 0.15) is 23.0 Å². The number of aliphatic hydroxyl groups is 1. The van der Waals surface area contributed by atoms with Crippen molar-refractivity contribution in [2.45, 2.75) is 26.5 Å². The summed E-state index contributed by atoms with van der Waals surface area (Å²) in [7, 11) is -10.6. The Morgan fingerprint density at radius 2 is 1.44 bits per heavy atom. The van der Waals surface area contributed by atoms with Crippen LogP contribution in [0, 0.1) is 12.0 Å². The first-order chi connectivity index (χ1) is 25.1. The van der Waals surface area contributed by atoms with E-state index in [1.54, 1.807) is 5.92 Å². The zero-order valence-corrected chi connectivity index (χ0v) is 45.5. The first-order valence-electron chi connectivity index (χ1n) is 13.5. The maximum absolute atomic E-state index is 13.6. The van der Waals surface area contributed by atoms with E-state index >= 15 is 0 Å². The molecule has 2 aromatic carbocycles. The van der Waals surface area contributed by atoms with E-state index in [2.05, 4.69) is 28.9 Å². The first kappa shape index (κ1) is 58.4. The second kappa shape index (κ2) is 26.9. The summed E-state index contributed by atoms with van der Waals surface area (Å²) in [5.74, 6) is -3.00. The number of allylic oxidation sites excluding steroid dienone is 2. The number of ketones is 1. The summed E-state index contributed by atoms with van der Waals surface area (Å²) in [6.45, 7) is 1.20.